The lowest BCUT2D eigenvalue weighted by Crippen LogP contribution is -2.05. The highest BCUT2D eigenvalue weighted by atomic mass is 32.2. The lowest BCUT2D eigenvalue weighted by Gasteiger charge is -2.10. The first-order valence-corrected chi connectivity index (χ1v) is 9.88. The molecule has 4 rings (SSSR count). The van der Waals surface area contributed by atoms with Crippen LogP contribution in [-0.4, -0.2) is 19.7 Å². The summed E-state index contributed by atoms with van der Waals surface area (Å²) < 4.78 is 22.0. The summed E-state index contributed by atoms with van der Waals surface area (Å²) in [5.74, 6) is 2.16. The van der Waals surface area contributed by atoms with Crippen LogP contribution in [0, 0.1) is 19.7 Å². The molecule has 28 heavy (non-hydrogen) atoms. The minimum absolute atomic E-state index is 0.320. The maximum Gasteiger partial charge on any atom is 0.205 e. The first kappa shape index (κ1) is 18.4. The van der Waals surface area contributed by atoms with Gasteiger partial charge in [0.2, 0.25) is 5.89 Å². The SMILES string of the molecule is Cc1nc(CSc2nnc(-c3ccccc3F)n2Cc2ccccc2)oc1C. The zero-order chi connectivity index (χ0) is 19.5. The Morgan fingerprint density at radius 2 is 1.75 bits per heavy atom. The first-order chi connectivity index (χ1) is 13.6. The molecule has 0 atom stereocenters. The number of aromatic nitrogens is 4. The van der Waals surface area contributed by atoms with Crippen molar-refractivity contribution < 1.29 is 8.81 Å². The van der Waals surface area contributed by atoms with E-state index in [0.29, 0.717) is 34.7 Å². The molecule has 2 aromatic carbocycles. The van der Waals surface area contributed by atoms with Crippen molar-refractivity contribution >= 4 is 11.8 Å². The fourth-order valence-electron chi connectivity index (χ4n) is 2.87. The molecule has 0 bridgehead atoms. The number of hydrogen-bond donors (Lipinski definition) is 0. The molecule has 2 aromatic heterocycles. The van der Waals surface area contributed by atoms with E-state index in [1.807, 2.05) is 48.7 Å². The van der Waals surface area contributed by atoms with Gasteiger partial charge in [0.05, 0.1) is 23.6 Å². The lowest BCUT2D eigenvalue weighted by molar-refractivity contribution is 0.489. The summed E-state index contributed by atoms with van der Waals surface area (Å²) in [5.41, 5.74) is 2.40. The zero-order valence-electron chi connectivity index (χ0n) is 15.6. The second kappa shape index (κ2) is 7.98. The summed E-state index contributed by atoms with van der Waals surface area (Å²) in [4.78, 5) is 4.41. The van der Waals surface area contributed by atoms with Crippen molar-refractivity contribution in [2.75, 3.05) is 0 Å². The minimum atomic E-state index is -0.320. The highest BCUT2D eigenvalue weighted by Gasteiger charge is 2.18. The average Bonchev–Trinajstić information content (AvgIpc) is 3.24. The van der Waals surface area contributed by atoms with Gasteiger partial charge < -0.3 is 4.42 Å². The van der Waals surface area contributed by atoms with Gasteiger partial charge in [0.15, 0.2) is 11.0 Å². The van der Waals surface area contributed by atoms with E-state index in [9.17, 15) is 4.39 Å². The molecule has 5 nitrogen and oxygen atoms in total. The molecule has 0 amide bonds. The molecule has 2 heterocycles. The third-order valence-electron chi connectivity index (χ3n) is 4.41. The molecule has 0 N–H and O–H groups in total. The fraction of sp³-hybridized carbons (Fsp3) is 0.190. The molecule has 0 aliphatic rings. The van der Waals surface area contributed by atoms with Crippen LogP contribution in [0.1, 0.15) is 22.9 Å². The highest BCUT2D eigenvalue weighted by molar-refractivity contribution is 7.98. The van der Waals surface area contributed by atoms with E-state index in [-0.39, 0.29) is 5.82 Å². The van der Waals surface area contributed by atoms with Gasteiger partial charge in [-0.15, -0.1) is 10.2 Å². The van der Waals surface area contributed by atoms with Crippen molar-refractivity contribution in [3.05, 3.63) is 83.3 Å². The predicted molar refractivity (Wildman–Crippen MR) is 106 cm³/mol. The normalized spacial score (nSPS) is 11.1. The van der Waals surface area contributed by atoms with Gasteiger partial charge in [-0.3, -0.25) is 4.57 Å². The summed E-state index contributed by atoms with van der Waals surface area (Å²) in [5, 5.41) is 9.28. The van der Waals surface area contributed by atoms with Crippen LogP contribution in [0.5, 0.6) is 0 Å². The zero-order valence-corrected chi connectivity index (χ0v) is 16.4. The van der Waals surface area contributed by atoms with Crippen LogP contribution < -0.4 is 0 Å². The van der Waals surface area contributed by atoms with Gasteiger partial charge >= 0.3 is 0 Å². The maximum absolute atomic E-state index is 14.4. The van der Waals surface area contributed by atoms with Gasteiger partial charge in [-0.1, -0.05) is 54.2 Å². The van der Waals surface area contributed by atoms with Crippen molar-refractivity contribution in [3.63, 3.8) is 0 Å². The number of aryl methyl sites for hydroxylation is 2. The maximum atomic E-state index is 14.4. The van der Waals surface area contributed by atoms with Gasteiger partial charge in [-0.05, 0) is 31.5 Å². The second-order valence-electron chi connectivity index (χ2n) is 6.40. The van der Waals surface area contributed by atoms with E-state index in [0.717, 1.165) is 17.0 Å². The summed E-state index contributed by atoms with van der Waals surface area (Å²) in [7, 11) is 0. The Kier molecular flexibility index (Phi) is 5.25. The molecule has 0 radical (unpaired) electrons. The number of benzene rings is 2. The fourth-order valence-corrected chi connectivity index (χ4v) is 3.65. The van der Waals surface area contributed by atoms with E-state index in [1.165, 1.54) is 17.8 Å². The third-order valence-corrected chi connectivity index (χ3v) is 5.36. The standard InChI is InChI=1S/C21H19FN4OS/c1-14-15(2)27-19(23-14)13-28-21-25-24-20(17-10-6-7-11-18(17)22)26(21)12-16-8-4-3-5-9-16/h3-11H,12-13H2,1-2H3. The smallest absolute Gasteiger partial charge is 0.205 e. The summed E-state index contributed by atoms with van der Waals surface area (Å²) in [6, 6.07) is 16.6. The highest BCUT2D eigenvalue weighted by Crippen LogP contribution is 2.29. The van der Waals surface area contributed by atoms with Crippen molar-refractivity contribution in [2.45, 2.75) is 31.3 Å². The number of hydrogen-bond acceptors (Lipinski definition) is 5. The van der Waals surface area contributed by atoms with Crippen LogP contribution in [0.2, 0.25) is 0 Å². The molecule has 0 saturated heterocycles. The van der Waals surface area contributed by atoms with Crippen molar-refractivity contribution in [1.82, 2.24) is 19.7 Å². The molecule has 0 aliphatic carbocycles. The Morgan fingerprint density at radius 3 is 2.46 bits per heavy atom. The topological polar surface area (TPSA) is 56.7 Å². The third kappa shape index (κ3) is 3.84. The molecule has 0 fully saturated rings. The molecule has 0 aliphatic heterocycles. The summed E-state index contributed by atoms with van der Waals surface area (Å²) in [6.07, 6.45) is 0. The van der Waals surface area contributed by atoms with Gasteiger partial charge in [0.1, 0.15) is 11.6 Å². The largest absolute Gasteiger partial charge is 0.445 e. The van der Waals surface area contributed by atoms with Crippen LogP contribution in [0.3, 0.4) is 0 Å². The monoisotopic (exact) mass is 394 g/mol. The second-order valence-corrected chi connectivity index (χ2v) is 7.34. The summed E-state index contributed by atoms with van der Waals surface area (Å²) >= 11 is 1.47. The molecular weight excluding hydrogens is 375 g/mol. The molecule has 7 heteroatoms. The number of halogens is 1. The molecular formula is C21H19FN4OS. The first-order valence-electron chi connectivity index (χ1n) is 8.89. The lowest BCUT2D eigenvalue weighted by atomic mass is 10.2. The Balaban J connectivity index is 1.68. The Hall–Kier alpha value is -2.93. The molecule has 0 saturated carbocycles. The van der Waals surface area contributed by atoms with E-state index in [1.54, 1.807) is 18.2 Å². The van der Waals surface area contributed by atoms with E-state index in [4.69, 9.17) is 4.42 Å². The van der Waals surface area contributed by atoms with E-state index in [2.05, 4.69) is 15.2 Å². The molecule has 142 valence electrons. The van der Waals surface area contributed by atoms with Crippen LogP contribution >= 0.6 is 11.8 Å². The Bertz CT molecular complexity index is 1070. The van der Waals surface area contributed by atoms with Crippen LogP contribution in [0.15, 0.2) is 64.2 Å². The number of nitrogens with zero attached hydrogens (tertiary/aromatic N) is 4. The summed E-state index contributed by atoms with van der Waals surface area (Å²) in [6.45, 7) is 4.36. The quantitative estimate of drug-likeness (QED) is 0.429. The average molecular weight is 394 g/mol. The molecule has 0 unspecified atom stereocenters. The Morgan fingerprint density at radius 1 is 1.00 bits per heavy atom. The Labute approximate surface area is 166 Å². The van der Waals surface area contributed by atoms with Crippen molar-refractivity contribution in [2.24, 2.45) is 0 Å². The van der Waals surface area contributed by atoms with Gasteiger partial charge in [0.25, 0.3) is 0 Å². The van der Waals surface area contributed by atoms with Crippen molar-refractivity contribution in [3.8, 4) is 11.4 Å². The minimum Gasteiger partial charge on any atom is -0.445 e. The number of rotatable bonds is 6. The van der Waals surface area contributed by atoms with Crippen LogP contribution in [0.4, 0.5) is 4.39 Å². The molecule has 0 spiro atoms. The van der Waals surface area contributed by atoms with Crippen LogP contribution in [-0.2, 0) is 12.3 Å². The number of thioether (sulfide) groups is 1. The van der Waals surface area contributed by atoms with Gasteiger partial charge in [-0.25, -0.2) is 9.37 Å². The van der Waals surface area contributed by atoms with Crippen LogP contribution in [0.25, 0.3) is 11.4 Å². The molecule has 4 aromatic rings. The van der Waals surface area contributed by atoms with Crippen molar-refractivity contribution in [1.29, 1.82) is 0 Å². The van der Waals surface area contributed by atoms with E-state index >= 15 is 0 Å². The van der Waals surface area contributed by atoms with E-state index < -0.39 is 0 Å². The van der Waals surface area contributed by atoms with Gasteiger partial charge in [-0.2, -0.15) is 0 Å². The van der Waals surface area contributed by atoms with Gasteiger partial charge in [0, 0.05) is 0 Å². The number of oxazole rings is 1. The predicted octanol–water partition coefficient (Wildman–Crippen LogP) is 5.03.